The monoisotopic (exact) mass is 302 g/mol. The Kier molecular flexibility index (Phi) is 3.26. The Morgan fingerprint density at radius 3 is 2.52 bits per heavy atom. The number of hydrogen-bond donors (Lipinski definition) is 1. The maximum Gasteiger partial charge on any atom is 0.280 e. The topological polar surface area (TPSA) is 59.3 Å². The molecule has 1 N–H and O–H groups in total. The van der Waals surface area contributed by atoms with Crippen LogP contribution in [0.1, 0.15) is 47.6 Å². The zero-order chi connectivity index (χ0) is 15.1. The highest BCUT2D eigenvalue weighted by atomic mass is 19.3. The molecule has 21 heavy (non-hydrogen) atoms. The van der Waals surface area contributed by atoms with Crippen molar-refractivity contribution < 1.29 is 22.4 Å². The summed E-state index contributed by atoms with van der Waals surface area (Å²) in [4.78, 5) is 15.4. The summed E-state index contributed by atoms with van der Waals surface area (Å²) in [6.07, 6.45) is -4.27. The van der Waals surface area contributed by atoms with Crippen LogP contribution in [0.3, 0.4) is 0 Å². The van der Waals surface area contributed by atoms with Gasteiger partial charge in [-0.15, -0.1) is 0 Å². The van der Waals surface area contributed by atoms with E-state index in [1.54, 1.807) is 0 Å². The number of fused-ring (bicyclic) bond motifs is 1. The van der Waals surface area contributed by atoms with Gasteiger partial charge in [0.05, 0.1) is 0 Å². The van der Waals surface area contributed by atoms with E-state index < -0.39 is 30.1 Å². The molecule has 1 saturated carbocycles. The number of halogens is 4. The SMILES string of the molecule is O=C(NC1CC1)c1cc2nc(C(F)F)cc(C(F)F)n2n1. The molecular weight excluding hydrogens is 292 g/mol. The molecule has 1 aliphatic carbocycles. The summed E-state index contributed by atoms with van der Waals surface area (Å²) in [6.45, 7) is 0. The molecule has 0 spiro atoms. The molecule has 112 valence electrons. The number of hydrogen-bond acceptors (Lipinski definition) is 3. The van der Waals surface area contributed by atoms with Crippen molar-refractivity contribution in [2.24, 2.45) is 0 Å². The lowest BCUT2D eigenvalue weighted by atomic mass is 10.3. The number of aromatic nitrogens is 3. The molecule has 2 heterocycles. The van der Waals surface area contributed by atoms with E-state index in [1.807, 2.05) is 0 Å². The minimum atomic E-state index is -3.01. The maximum atomic E-state index is 12.9. The third-order valence-electron chi connectivity index (χ3n) is 3.07. The minimum Gasteiger partial charge on any atom is -0.348 e. The molecule has 0 aromatic carbocycles. The number of amides is 1. The Morgan fingerprint density at radius 1 is 1.24 bits per heavy atom. The average molecular weight is 302 g/mol. The molecule has 9 heteroatoms. The molecule has 0 atom stereocenters. The maximum absolute atomic E-state index is 12.9. The molecule has 0 unspecified atom stereocenters. The number of nitrogens with one attached hydrogen (secondary N) is 1. The van der Waals surface area contributed by atoms with Gasteiger partial charge >= 0.3 is 0 Å². The van der Waals surface area contributed by atoms with Crippen LogP contribution in [0.5, 0.6) is 0 Å². The zero-order valence-electron chi connectivity index (χ0n) is 10.6. The molecule has 0 radical (unpaired) electrons. The number of rotatable bonds is 4. The summed E-state index contributed by atoms with van der Waals surface area (Å²) in [5, 5.41) is 6.37. The van der Waals surface area contributed by atoms with Crippen LogP contribution in [0.2, 0.25) is 0 Å². The molecule has 1 aliphatic rings. The summed E-state index contributed by atoms with van der Waals surface area (Å²) >= 11 is 0. The van der Waals surface area contributed by atoms with E-state index in [0.717, 1.165) is 23.4 Å². The number of alkyl halides is 4. The van der Waals surface area contributed by atoms with E-state index >= 15 is 0 Å². The Morgan fingerprint density at radius 2 is 1.95 bits per heavy atom. The standard InChI is InChI=1S/C12H10F4N4O/c13-10(14)6-3-8(11(15)16)20-9(18-6)4-7(19-20)12(21)17-5-1-2-5/h3-5,10-11H,1-2H2,(H,17,21). The second-order valence-electron chi connectivity index (χ2n) is 4.75. The van der Waals surface area contributed by atoms with Crippen LogP contribution < -0.4 is 5.32 Å². The summed E-state index contributed by atoms with van der Waals surface area (Å²) in [7, 11) is 0. The third-order valence-corrected chi connectivity index (χ3v) is 3.07. The summed E-state index contributed by atoms with van der Waals surface area (Å²) in [6, 6.07) is 1.79. The molecular formula is C12H10F4N4O. The van der Waals surface area contributed by atoms with Crippen molar-refractivity contribution in [3.05, 3.63) is 29.2 Å². The van der Waals surface area contributed by atoms with Crippen molar-refractivity contribution in [3.8, 4) is 0 Å². The first-order chi connectivity index (χ1) is 9.95. The van der Waals surface area contributed by atoms with Gasteiger partial charge < -0.3 is 5.32 Å². The highest BCUT2D eigenvalue weighted by molar-refractivity contribution is 5.93. The summed E-state index contributed by atoms with van der Waals surface area (Å²) in [5.41, 5.74) is -1.82. The highest BCUT2D eigenvalue weighted by Gasteiger charge is 2.26. The normalized spacial score (nSPS) is 15.1. The van der Waals surface area contributed by atoms with Crippen LogP contribution in [-0.4, -0.2) is 26.5 Å². The van der Waals surface area contributed by atoms with Gasteiger partial charge in [-0.3, -0.25) is 4.79 Å². The Hall–Kier alpha value is -2.19. The van der Waals surface area contributed by atoms with Gasteiger partial charge in [-0.1, -0.05) is 0 Å². The first kappa shape index (κ1) is 13.8. The second-order valence-corrected chi connectivity index (χ2v) is 4.75. The molecule has 1 fully saturated rings. The van der Waals surface area contributed by atoms with Crippen molar-refractivity contribution >= 4 is 11.6 Å². The zero-order valence-corrected chi connectivity index (χ0v) is 10.6. The summed E-state index contributed by atoms with van der Waals surface area (Å²) in [5.74, 6) is -0.526. The van der Waals surface area contributed by atoms with Crippen molar-refractivity contribution in [2.45, 2.75) is 31.7 Å². The van der Waals surface area contributed by atoms with Gasteiger partial charge in [-0.05, 0) is 18.9 Å². The van der Waals surface area contributed by atoms with Crippen molar-refractivity contribution in [1.29, 1.82) is 0 Å². The van der Waals surface area contributed by atoms with Crippen LogP contribution in [0, 0.1) is 0 Å². The highest BCUT2D eigenvalue weighted by Crippen LogP contribution is 2.25. The number of carbonyl (C=O) groups excluding carboxylic acids is 1. The molecule has 5 nitrogen and oxygen atoms in total. The molecule has 1 amide bonds. The largest absolute Gasteiger partial charge is 0.348 e. The molecule has 0 bridgehead atoms. The van der Waals surface area contributed by atoms with E-state index in [4.69, 9.17) is 0 Å². The van der Waals surface area contributed by atoms with Gasteiger partial charge in [0.25, 0.3) is 18.8 Å². The Balaban J connectivity index is 2.05. The lowest BCUT2D eigenvalue weighted by Gasteiger charge is -2.06. The van der Waals surface area contributed by atoms with Crippen molar-refractivity contribution in [2.75, 3.05) is 0 Å². The predicted octanol–water partition coefficient (Wildman–Crippen LogP) is 2.50. The van der Waals surface area contributed by atoms with Gasteiger partial charge in [0.1, 0.15) is 11.4 Å². The van der Waals surface area contributed by atoms with E-state index in [0.29, 0.717) is 6.07 Å². The van der Waals surface area contributed by atoms with Crippen molar-refractivity contribution in [1.82, 2.24) is 19.9 Å². The quantitative estimate of drug-likeness (QED) is 0.883. The fourth-order valence-corrected chi connectivity index (χ4v) is 1.88. The summed E-state index contributed by atoms with van der Waals surface area (Å²) < 4.78 is 51.9. The molecule has 2 aromatic rings. The fraction of sp³-hybridized carbons (Fsp3) is 0.417. The van der Waals surface area contributed by atoms with Crippen LogP contribution in [0.4, 0.5) is 17.6 Å². The minimum absolute atomic E-state index is 0.0708. The van der Waals surface area contributed by atoms with Gasteiger partial charge in [0, 0.05) is 12.1 Å². The molecule has 0 saturated heterocycles. The average Bonchev–Trinajstić information content (AvgIpc) is 3.12. The van der Waals surface area contributed by atoms with E-state index in [-0.39, 0.29) is 17.4 Å². The first-order valence-electron chi connectivity index (χ1n) is 6.23. The van der Waals surface area contributed by atoms with Crippen LogP contribution in [-0.2, 0) is 0 Å². The van der Waals surface area contributed by atoms with Crippen LogP contribution >= 0.6 is 0 Å². The fourth-order valence-electron chi connectivity index (χ4n) is 1.88. The van der Waals surface area contributed by atoms with Crippen LogP contribution in [0.25, 0.3) is 5.65 Å². The number of nitrogens with zero attached hydrogens (tertiary/aromatic N) is 3. The van der Waals surface area contributed by atoms with Gasteiger partial charge in [0.15, 0.2) is 11.3 Å². The van der Waals surface area contributed by atoms with E-state index in [1.165, 1.54) is 0 Å². The second kappa shape index (κ2) is 4.97. The van der Waals surface area contributed by atoms with Crippen molar-refractivity contribution in [3.63, 3.8) is 0 Å². The van der Waals surface area contributed by atoms with Crippen LogP contribution in [0.15, 0.2) is 12.1 Å². The van der Waals surface area contributed by atoms with Gasteiger partial charge in [-0.2, -0.15) is 5.10 Å². The Bertz CT molecular complexity index is 696. The smallest absolute Gasteiger partial charge is 0.280 e. The predicted molar refractivity (Wildman–Crippen MR) is 63.4 cm³/mol. The molecule has 3 rings (SSSR count). The number of carbonyl (C=O) groups is 1. The lowest BCUT2D eigenvalue weighted by Crippen LogP contribution is -2.25. The van der Waals surface area contributed by atoms with E-state index in [2.05, 4.69) is 15.4 Å². The van der Waals surface area contributed by atoms with E-state index in [9.17, 15) is 22.4 Å². The third kappa shape index (κ3) is 2.67. The molecule has 2 aromatic heterocycles. The van der Waals surface area contributed by atoms with Gasteiger partial charge in [-0.25, -0.2) is 27.1 Å². The molecule has 0 aliphatic heterocycles. The first-order valence-corrected chi connectivity index (χ1v) is 6.23. The lowest BCUT2D eigenvalue weighted by molar-refractivity contribution is 0.0944. The Labute approximate surface area is 116 Å². The van der Waals surface area contributed by atoms with Gasteiger partial charge in [0.2, 0.25) is 0 Å².